The van der Waals surface area contributed by atoms with Gasteiger partial charge in [-0.1, -0.05) is 0 Å². The molecule has 0 saturated carbocycles. The molecule has 0 spiro atoms. The van der Waals surface area contributed by atoms with E-state index in [1.54, 1.807) is 11.8 Å². The van der Waals surface area contributed by atoms with Gasteiger partial charge in [0.25, 0.3) is 11.8 Å². The van der Waals surface area contributed by atoms with Crippen molar-refractivity contribution in [2.75, 3.05) is 58.2 Å². The first-order chi connectivity index (χ1) is 22.4. The third kappa shape index (κ3) is 19.8. The molecule has 1 fully saturated rings. The Kier molecular flexibility index (Phi) is 21.9. The van der Waals surface area contributed by atoms with Crippen LogP contribution in [-0.4, -0.2) is 116 Å². The summed E-state index contributed by atoms with van der Waals surface area (Å²) in [5, 5.41) is 3.20. The van der Waals surface area contributed by atoms with E-state index in [0.717, 1.165) is 5.75 Å². The molecule has 0 radical (unpaired) electrons. The zero-order chi connectivity index (χ0) is 35.0. The monoisotopic (exact) mass is 687 g/mol. The molecular weight excluding hydrogens is 638 g/mol. The lowest BCUT2D eigenvalue weighted by atomic mass is 9.91. The van der Waals surface area contributed by atoms with E-state index in [0.29, 0.717) is 24.3 Å². The Morgan fingerprint density at radius 2 is 1.47 bits per heavy atom. The molecule has 266 valence electrons. The van der Waals surface area contributed by atoms with Gasteiger partial charge in [-0.05, 0) is 38.2 Å². The molecule has 1 aliphatic rings. The molecule has 0 aliphatic carbocycles. The summed E-state index contributed by atoms with van der Waals surface area (Å²) in [5.74, 6) is -2.50. The Balaban J connectivity index is 2.22. The van der Waals surface area contributed by atoms with Crippen molar-refractivity contribution in [3.63, 3.8) is 0 Å². The van der Waals surface area contributed by atoms with Crippen molar-refractivity contribution >= 4 is 58.8 Å². The fourth-order valence-corrected chi connectivity index (χ4v) is 4.76. The van der Waals surface area contributed by atoms with E-state index < -0.39 is 35.7 Å². The van der Waals surface area contributed by atoms with E-state index in [1.165, 1.54) is 6.92 Å². The number of Topliss-reactive ketones (excluding diaryl/α,β-unsaturated/α-hetero) is 3. The van der Waals surface area contributed by atoms with E-state index in [4.69, 9.17) is 30.5 Å². The van der Waals surface area contributed by atoms with Gasteiger partial charge in [-0.2, -0.15) is 11.8 Å². The van der Waals surface area contributed by atoms with Gasteiger partial charge in [-0.15, -0.1) is 5.06 Å². The molecule has 0 aromatic heterocycles. The lowest BCUT2D eigenvalue weighted by molar-refractivity contribution is -0.198. The summed E-state index contributed by atoms with van der Waals surface area (Å²) in [6, 6.07) is -0.813. The molecule has 1 saturated heterocycles. The molecule has 3 amide bonds. The number of nitrogens with zero attached hydrogens (tertiary/aromatic N) is 2. The Hall–Kier alpha value is -3.41. The molecule has 1 heterocycles. The molecule has 2 atom stereocenters. The molecule has 16 nitrogen and oxygen atoms in total. The minimum absolute atomic E-state index is 0.0140. The standard InChI is InChI=1S/C30H49N5O11S/c1-21(36)22(11-19-47-2)20-25(38)24(4-3-12-33-30(31)32)34-26(39)6-5-23(37)9-13-43-15-17-45-18-16-44-14-10-29(42)46-35-27(40)7-8-28(35)41/h22,24H,3-20H2,1-2H3,(H,34,39)(H4,31,32,33)/t22-,24+/m1/s1. The van der Waals surface area contributed by atoms with Crippen LogP contribution < -0.4 is 16.8 Å². The number of carbonyl (C=O) groups excluding carboxylic acids is 7. The molecule has 0 bridgehead atoms. The van der Waals surface area contributed by atoms with Crippen LogP contribution in [0.2, 0.25) is 0 Å². The number of imide groups is 1. The topological polar surface area (TPSA) is 236 Å². The number of ketones is 3. The number of guanidine groups is 1. The largest absolute Gasteiger partial charge is 0.379 e. The minimum Gasteiger partial charge on any atom is -0.379 e. The summed E-state index contributed by atoms with van der Waals surface area (Å²) in [7, 11) is 0. The first-order valence-corrected chi connectivity index (χ1v) is 17.0. The summed E-state index contributed by atoms with van der Waals surface area (Å²) in [6.07, 6.45) is 3.20. The average molecular weight is 688 g/mol. The van der Waals surface area contributed by atoms with Gasteiger partial charge in [0.2, 0.25) is 5.91 Å². The molecule has 47 heavy (non-hydrogen) atoms. The van der Waals surface area contributed by atoms with Gasteiger partial charge < -0.3 is 35.8 Å². The second kappa shape index (κ2) is 24.7. The number of rotatable bonds is 28. The van der Waals surface area contributed by atoms with Gasteiger partial charge in [0.05, 0.1) is 52.1 Å². The molecule has 1 rings (SSSR count). The molecule has 0 unspecified atom stereocenters. The van der Waals surface area contributed by atoms with Crippen LogP contribution in [0.4, 0.5) is 0 Å². The van der Waals surface area contributed by atoms with Crippen LogP contribution in [0.15, 0.2) is 4.99 Å². The van der Waals surface area contributed by atoms with Crippen molar-refractivity contribution in [3.05, 3.63) is 0 Å². The molecule has 5 N–H and O–H groups in total. The highest BCUT2D eigenvalue weighted by Gasteiger charge is 2.32. The summed E-state index contributed by atoms with van der Waals surface area (Å²) in [4.78, 5) is 93.1. The second-order valence-electron chi connectivity index (χ2n) is 10.7. The highest BCUT2D eigenvalue weighted by molar-refractivity contribution is 7.98. The maximum atomic E-state index is 13.0. The number of ether oxygens (including phenoxy) is 3. The van der Waals surface area contributed by atoms with Crippen LogP contribution in [0.5, 0.6) is 0 Å². The van der Waals surface area contributed by atoms with Crippen molar-refractivity contribution in [1.82, 2.24) is 10.4 Å². The number of hydrogen-bond acceptors (Lipinski definition) is 13. The fraction of sp³-hybridized carbons (Fsp3) is 0.733. The van der Waals surface area contributed by atoms with Crippen LogP contribution >= 0.6 is 11.8 Å². The zero-order valence-electron chi connectivity index (χ0n) is 27.3. The van der Waals surface area contributed by atoms with Gasteiger partial charge in [-0.25, -0.2) is 4.79 Å². The normalized spacial score (nSPS) is 14.0. The molecule has 1 aliphatic heterocycles. The SMILES string of the molecule is CSCC[C@H](CC(=O)[C@H](CCCN=C(N)N)NC(=O)CCC(=O)CCOCCOCCOCCC(=O)ON1C(=O)CCC1=O)C(C)=O. The van der Waals surface area contributed by atoms with Crippen molar-refractivity contribution in [3.8, 4) is 0 Å². The van der Waals surface area contributed by atoms with Gasteiger partial charge in [-0.3, -0.25) is 33.8 Å². The van der Waals surface area contributed by atoms with Gasteiger partial charge >= 0.3 is 5.97 Å². The van der Waals surface area contributed by atoms with E-state index in [-0.39, 0.29) is 114 Å². The summed E-state index contributed by atoms with van der Waals surface area (Å²) in [5.41, 5.74) is 10.7. The van der Waals surface area contributed by atoms with Crippen molar-refractivity contribution in [2.24, 2.45) is 22.4 Å². The van der Waals surface area contributed by atoms with Crippen LogP contribution in [0, 0.1) is 5.92 Å². The average Bonchev–Trinajstić information content (AvgIpc) is 3.33. The van der Waals surface area contributed by atoms with Crippen LogP contribution in [0.3, 0.4) is 0 Å². The smallest absolute Gasteiger partial charge is 0.335 e. The molecular formula is C30H49N5O11S. The number of hydroxylamine groups is 2. The Labute approximate surface area is 279 Å². The maximum absolute atomic E-state index is 13.0. The van der Waals surface area contributed by atoms with E-state index in [9.17, 15) is 33.6 Å². The van der Waals surface area contributed by atoms with E-state index in [1.807, 2.05) is 6.26 Å². The number of amides is 3. The lowest BCUT2D eigenvalue weighted by Gasteiger charge is -2.20. The van der Waals surface area contributed by atoms with Crippen molar-refractivity contribution in [2.45, 2.75) is 77.2 Å². The number of nitrogens with two attached hydrogens (primary N) is 2. The lowest BCUT2D eigenvalue weighted by Crippen LogP contribution is -2.42. The van der Waals surface area contributed by atoms with Crippen LogP contribution in [-0.2, 0) is 52.6 Å². The minimum atomic E-state index is -0.813. The predicted octanol–water partition coefficient (Wildman–Crippen LogP) is 0.229. The Morgan fingerprint density at radius 1 is 0.872 bits per heavy atom. The summed E-state index contributed by atoms with van der Waals surface area (Å²) >= 11 is 1.59. The number of carbonyl (C=O) groups is 7. The fourth-order valence-electron chi connectivity index (χ4n) is 4.24. The zero-order valence-corrected chi connectivity index (χ0v) is 28.1. The van der Waals surface area contributed by atoms with E-state index >= 15 is 0 Å². The first-order valence-electron chi connectivity index (χ1n) is 15.6. The third-order valence-corrected chi connectivity index (χ3v) is 7.56. The predicted molar refractivity (Wildman–Crippen MR) is 172 cm³/mol. The summed E-state index contributed by atoms with van der Waals surface area (Å²) < 4.78 is 16.0. The second-order valence-corrected chi connectivity index (χ2v) is 11.7. The van der Waals surface area contributed by atoms with Gasteiger partial charge in [0, 0.05) is 51.0 Å². The first kappa shape index (κ1) is 41.6. The molecule has 17 heteroatoms. The third-order valence-electron chi connectivity index (χ3n) is 6.91. The Bertz CT molecular complexity index is 1070. The van der Waals surface area contributed by atoms with Gasteiger partial charge in [0.15, 0.2) is 11.7 Å². The van der Waals surface area contributed by atoms with E-state index in [2.05, 4.69) is 10.3 Å². The number of aliphatic imine (C=N–C) groups is 1. The van der Waals surface area contributed by atoms with Crippen LogP contribution in [0.1, 0.15) is 71.1 Å². The van der Waals surface area contributed by atoms with Crippen molar-refractivity contribution in [1.29, 1.82) is 0 Å². The quantitative estimate of drug-likeness (QED) is 0.0432. The highest BCUT2D eigenvalue weighted by Crippen LogP contribution is 2.17. The van der Waals surface area contributed by atoms with Gasteiger partial charge in [0.1, 0.15) is 11.6 Å². The number of thioether (sulfide) groups is 1. The molecule has 0 aromatic carbocycles. The number of hydrogen-bond donors (Lipinski definition) is 3. The summed E-state index contributed by atoms with van der Waals surface area (Å²) in [6.45, 7) is 2.86. The highest BCUT2D eigenvalue weighted by atomic mass is 32.2. The maximum Gasteiger partial charge on any atom is 0.335 e. The molecule has 0 aromatic rings. The Morgan fingerprint density at radius 3 is 2.04 bits per heavy atom. The van der Waals surface area contributed by atoms with Crippen molar-refractivity contribution < 1.29 is 52.6 Å². The van der Waals surface area contributed by atoms with Crippen LogP contribution in [0.25, 0.3) is 0 Å². The number of nitrogens with one attached hydrogen (secondary N) is 1.